The molecule has 100 valence electrons. The van der Waals surface area contributed by atoms with Gasteiger partial charge < -0.3 is 5.32 Å². The number of nitrogens with one attached hydrogen (secondary N) is 1. The third kappa shape index (κ3) is 3.09. The normalized spacial score (nSPS) is 22.9. The number of aromatic nitrogens is 1. The van der Waals surface area contributed by atoms with E-state index in [0.29, 0.717) is 0 Å². The van der Waals surface area contributed by atoms with E-state index in [1.54, 1.807) is 0 Å². The zero-order valence-corrected chi connectivity index (χ0v) is 12.2. The number of piperazine rings is 1. The van der Waals surface area contributed by atoms with E-state index < -0.39 is 0 Å². The van der Waals surface area contributed by atoms with Gasteiger partial charge in [-0.3, -0.25) is 9.88 Å². The highest BCUT2D eigenvalue weighted by Gasteiger charge is 2.37. The Kier molecular flexibility index (Phi) is 3.47. The molecule has 0 radical (unpaired) electrons. The molecule has 3 nitrogen and oxygen atoms in total. The van der Waals surface area contributed by atoms with Crippen molar-refractivity contribution in [2.45, 2.75) is 52.2 Å². The Morgan fingerprint density at radius 3 is 2.67 bits per heavy atom. The summed E-state index contributed by atoms with van der Waals surface area (Å²) >= 11 is 0. The molecular weight excluding hydrogens is 222 g/mol. The highest BCUT2D eigenvalue weighted by Crippen LogP contribution is 2.24. The molecule has 0 bridgehead atoms. The molecule has 0 spiro atoms. The SMILES string of the molecule is Cc1cccc(CN2CC(C)(C)NCC2(C)C)n1. The lowest BCUT2D eigenvalue weighted by atomic mass is 9.91. The minimum absolute atomic E-state index is 0.180. The van der Waals surface area contributed by atoms with Crippen molar-refractivity contribution in [3.8, 4) is 0 Å². The fourth-order valence-corrected chi connectivity index (χ4v) is 2.47. The molecule has 0 amide bonds. The number of aryl methyl sites for hydroxylation is 1. The van der Waals surface area contributed by atoms with Gasteiger partial charge in [0.25, 0.3) is 0 Å². The van der Waals surface area contributed by atoms with Crippen LogP contribution in [0.5, 0.6) is 0 Å². The van der Waals surface area contributed by atoms with Crippen molar-refractivity contribution in [2.75, 3.05) is 13.1 Å². The molecule has 1 aromatic rings. The highest BCUT2D eigenvalue weighted by atomic mass is 15.3. The van der Waals surface area contributed by atoms with Crippen molar-refractivity contribution in [2.24, 2.45) is 0 Å². The van der Waals surface area contributed by atoms with Crippen molar-refractivity contribution in [3.63, 3.8) is 0 Å². The van der Waals surface area contributed by atoms with E-state index in [0.717, 1.165) is 25.3 Å². The number of pyridine rings is 1. The summed E-state index contributed by atoms with van der Waals surface area (Å²) in [6.45, 7) is 14.2. The molecule has 1 aliphatic heterocycles. The maximum atomic E-state index is 4.62. The third-order valence-electron chi connectivity index (χ3n) is 3.74. The van der Waals surface area contributed by atoms with E-state index in [-0.39, 0.29) is 11.1 Å². The number of hydrogen-bond donors (Lipinski definition) is 1. The first-order chi connectivity index (χ1) is 8.28. The second-order valence-corrected chi connectivity index (χ2v) is 6.68. The van der Waals surface area contributed by atoms with Crippen LogP contribution in [0.4, 0.5) is 0 Å². The average Bonchev–Trinajstić information content (AvgIpc) is 2.24. The molecule has 1 N–H and O–H groups in total. The first-order valence-electron chi connectivity index (χ1n) is 6.71. The summed E-state index contributed by atoms with van der Waals surface area (Å²) in [4.78, 5) is 7.15. The van der Waals surface area contributed by atoms with Gasteiger partial charge in [-0.15, -0.1) is 0 Å². The molecule has 1 aliphatic rings. The van der Waals surface area contributed by atoms with Crippen molar-refractivity contribution in [3.05, 3.63) is 29.6 Å². The third-order valence-corrected chi connectivity index (χ3v) is 3.74. The Hall–Kier alpha value is -0.930. The monoisotopic (exact) mass is 247 g/mol. The molecule has 18 heavy (non-hydrogen) atoms. The summed E-state index contributed by atoms with van der Waals surface area (Å²) in [5.41, 5.74) is 2.63. The Labute approximate surface area is 111 Å². The van der Waals surface area contributed by atoms with Crippen LogP contribution in [0.2, 0.25) is 0 Å². The largest absolute Gasteiger partial charge is 0.309 e. The maximum Gasteiger partial charge on any atom is 0.0547 e. The molecule has 0 aliphatic carbocycles. The van der Waals surface area contributed by atoms with Crippen LogP contribution in [0, 0.1) is 6.92 Å². The van der Waals surface area contributed by atoms with Gasteiger partial charge in [0.1, 0.15) is 0 Å². The lowest BCUT2D eigenvalue weighted by Gasteiger charge is -2.49. The quantitative estimate of drug-likeness (QED) is 0.869. The number of nitrogens with zero attached hydrogens (tertiary/aromatic N) is 2. The molecule has 1 saturated heterocycles. The molecule has 2 rings (SSSR count). The lowest BCUT2D eigenvalue weighted by molar-refractivity contribution is 0.0313. The van der Waals surface area contributed by atoms with Gasteiger partial charge in [-0.2, -0.15) is 0 Å². The fourth-order valence-electron chi connectivity index (χ4n) is 2.47. The van der Waals surface area contributed by atoms with Crippen molar-refractivity contribution < 1.29 is 0 Å². The van der Waals surface area contributed by atoms with E-state index >= 15 is 0 Å². The smallest absolute Gasteiger partial charge is 0.0547 e. The van der Waals surface area contributed by atoms with Crippen LogP contribution < -0.4 is 5.32 Å². The van der Waals surface area contributed by atoms with Crippen LogP contribution in [0.1, 0.15) is 39.1 Å². The van der Waals surface area contributed by atoms with Gasteiger partial charge in [0.05, 0.1) is 5.69 Å². The van der Waals surface area contributed by atoms with Gasteiger partial charge in [0.2, 0.25) is 0 Å². The Morgan fingerprint density at radius 1 is 1.28 bits per heavy atom. The molecule has 1 fully saturated rings. The molecule has 0 aromatic carbocycles. The zero-order valence-electron chi connectivity index (χ0n) is 12.2. The van der Waals surface area contributed by atoms with Gasteiger partial charge >= 0.3 is 0 Å². The predicted octanol–water partition coefficient (Wildman–Crippen LogP) is 2.35. The molecule has 0 atom stereocenters. The van der Waals surface area contributed by atoms with Gasteiger partial charge in [-0.25, -0.2) is 0 Å². The summed E-state index contributed by atoms with van der Waals surface area (Å²) in [6, 6.07) is 6.27. The molecule has 0 saturated carbocycles. The van der Waals surface area contributed by atoms with Crippen LogP contribution in [0.25, 0.3) is 0 Å². The zero-order chi connectivity index (χ0) is 13.4. The number of hydrogen-bond acceptors (Lipinski definition) is 3. The minimum atomic E-state index is 0.180. The summed E-state index contributed by atoms with van der Waals surface area (Å²) in [7, 11) is 0. The molecular formula is C15H25N3. The molecule has 3 heteroatoms. The van der Waals surface area contributed by atoms with Crippen molar-refractivity contribution >= 4 is 0 Å². The van der Waals surface area contributed by atoms with Crippen molar-refractivity contribution in [1.29, 1.82) is 0 Å². The Morgan fingerprint density at radius 2 is 2.00 bits per heavy atom. The predicted molar refractivity (Wildman–Crippen MR) is 75.5 cm³/mol. The number of rotatable bonds is 2. The first-order valence-corrected chi connectivity index (χ1v) is 6.71. The van der Waals surface area contributed by atoms with E-state index in [2.05, 4.69) is 68.0 Å². The standard InChI is InChI=1S/C15H25N3/c1-12-7-6-8-13(17-12)9-18-11-14(2,3)16-10-15(18,4)5/h6-8,16H,9-11H2,1-5H3. The second-order valence-electron chi connectivity index (χ2n) is 6.68. The first kappa shape index (κ1) is 13.5. The van der Waals surface area contributed by atoms with Gasteiger partial charge in [0, 0.05) is 36.4 Å². The maximum absolute atomic E-state index is 4.62. The summed E-state index contributed by atoms with van der Waals surface area (Å²) in [6.07, 6.45) is 0. The van der Waals surface area contributed by atoms with Crippen LogP contribution in [-0.4, -0.2) is 34.1 Å². The van der Waals surface area contributed by atoms with E-state index in [9.17, 15) is 0 Å². The van der Waals surface area contributed by atoms with E-state index in [1.807, 2.05) is 0 Å². The van der Waals surface area contributed by atoms with Gasteiger partial charge in [0.15, 0.2) is 0 Å². The lowest BCUT2D eigenvalue weighted by Crippen LogP contribution is -2.65. The summed E-state index contributed by atoms with van der Waals surface area (Å²) in [5, 5.41) is 3.61. The van der Waals surface area contributed by atoms with Crippen LogP contribution in [0.3, 0.4) is 0 Å². The summed E-state index contributed by atoms with van der Waals surface area (Å²) < 4.78 is 0. The Bertz CT molecular complexity index is 424. The molecule has 0 unspecified atom stereocenters. The topological polar surface area (TPSA) is 28.2 Å². The molecule has 2 heterocycles. The minimum Gasteiger partial charge on any atom is -0.309 e. The van der Waals surface area contributed by atoms with E-state index in [1.165, 1.54) is 5.69 Å². The van der Waals surface area contributed by atoms with E-state index in [4.69, 9.17) is 0 Å². The van der Waals surface area contributed by atoms with Gasteiger partial charge in [-0.1, -0.05) is 6.07 Å². The average molecular weight is 247 g/mol. The highest BCUT2D eigenvalue weighted by molar-refractivity contribution is 5.11. The summed E-state index contributed by atoms with van der Waals surface area (Å²) in [5.74, 6) is 0. The van der Waals surface area contributed by atoms with Crippen molar-refractivity contribution in [1.82, 2.24) is 15.2 Å². The Balaban J connectivity index is 2.15. The van der Waals surface area contributed by atoms with Crippen LogP contribution >= 0.6 is 0 Å². The molecule has 1 aromatic heterocycles. The van der Waals surface area contributed by atoms with Crippen LogP contribution in [0.15, 0.2) is 18.2 Å². The van der Waals surface area contributed by atoms with Gasteiger partial charge in [-0.05, 0) is 46.8 Å². The second kappa shape index (κ2) is 4.63. The van der Waals surface area contributed by atoms with Crippen LogP contribution in [-0.2, 0) is 6.54 Å². The fraction of sp³-hybridized carbons (Fsp3) is 0.667.